The minimum absolute atomic E-state index is 0.109. The molecule has 0 saturated carbocycles. The standard InChI is InChI=1S/C15H20N4O2/c1-9(2)21-11-5-6-13(10(3)7-11)17-15(20)14-12(16)8-19(4)18-14/h5-9H,16H2,1-4H3,(H,17,20). The summed E-state index contributed by atoms with van der Waals surface area (Å²) < 4.78 is 7.12. The van der Waals surface area contributed by atoms with Gasteiger partial charge < -0.3 is 15.8 Å². The summed E-state index contributed by atoms with van der Waals surface area (Å²) in [7, 11) is 1.72. The number of hydrogen-bond acceptors (Lipinski definition) is 4. The quantitative estimate of drug-likeness (QED) is 0.904. The van der Waals surface area contributed by atoms with E-state index in [4.69, 9.17) is 10.5 Å². The Kier molecular flexibility index (Phi) is 4.16. The van der Waals surface area contributed by atoms with Crippen molar-refractivity contribution in [2.75, 3.05) is 11.1 Å². The van der Waals surface area contributed by atoms with Gasteiger partial charge in [-0.1, -0.05) is 0 Å². The third kappa shape index (κ3) is 3.53. The summed E-state index contributed by atoms with van der Waals surface area (Å²) >= 11 is 0. The third-order valence-corrected chi connectivity index (χ3v) is 2.89. The van der Waals surface area contributed by atoms with Crippen LogP contribution in [0.4, 0.5) is 11.4 Å². The lowest BCUT2D eigenvalue weighted by Crippen LogP contribution is -2.15. The van der Waals surface area contributed by atoms with Gasteiger partial charge in [0, 0.05) is 18.9 Å². The van der Waals surface area contributed by atoms with Gasteiger partial charge in [-0.25, -0.2) is 0 Å². The van der Waals surface area contributed by atoms with Gasteiger partial charge in [-0.05, 0) is 44.5 Å². The van der Waals surface area contributed by atoms with Crippen LogP contribution in [-0.4, -0.2) is 21.8 Å². The maximum Gasteiger partial charge on any atom is 0.278 e. The van der Waals surface area contributed by atoms with Gasteiger partial charge in [0.2, 0.25) is 0 Å². The fourth-order valence-corrected chi connectivity index (χ4v) is 1.99. The van der Waals surface area contributed by atoms with Gasteiger partial charge in [0.15, 0.2) is 5.69 Å². The van der Waals surface area contributed by atoms with Crippen molar-refractivity contribution in [1.29, 1.82) is 0 Å². The van der Waals surface area contributed by atoms with E-state index < -0.39 is 0 Å². The Morgan fingerprint density at radius 1 is 1.43 bits per heavy atom. The molecule has 0 atom stereocenters. The number of hydrogen-bond donors (Lipinski definition) is 2. The van der Waals surface area contributed by atoms with Crippen molar-refractivity contribution in [1.82, 2.24) is 9.78 Å². The average molecular weight is 288 g/mol. The normalized spacial score (nSPS) is 10.7. The van der Waals surface area contributed by atoms with E-state index in [-0.39, 0.29) is 17.7 Å². The van der Waals surface area contributed by atoms with Crippen molar-refractivity contribution < 1.29 is 9.53 Å². The van der Waals surface area contributed by atoms with E-state index in [2.05, 4.69) is 10.4 Å². The fraction of sp³-hybridized carbons (Fsp3) is 0.333. The molecule has 112 valence electrons. The van der Waals surface area contributed by atoms with Crippen LogP contribution in [0.5, 0.6) is 5.75 Å². The van der Waals surface area contributed by atoms with Crippen molar-refractivity contribution >= 4 is 17.3 Å². The first kappa shape index (κ1) is 14.9. The molecule has 0 aliphatic heterocycles. The molecule has 0 spiro atoms. The number of aryl methyl sites for hydroxylation is 2. The molecule has 0 aliphatic rings. The van der Waals surface area contributed by atoms with Gasteiger partial charge in [0.1, 0.15) is 5.75 Å². The Bertz CT molecular complexity index is 662. The first-order chi connectivity index (χ1) is 9.86. The Morgan fingerprint density at radius 3 is 2.67 bits per heavy atom. The van der Waals surface area contributed by atoms with Crippen molar-refractivity contribution in [2.24, 2.45) is 7.05 Å². The Balaban J connectivity index is 2.16. The number of carbonyl (C=O) groups is 1. The van der Waals surface area contributed by atoms with E-state index in [0.29, 0.717) is 11.4 Å². The number of anilines is 2. The minimum Gasteiger partial charge on any atom is -0.491 e. The number of nitrogens with zero attached hydrogens (tertiary/aromatic N) is 2. The molecule has 3 N–H and O–H groups in total. The molecule has 1 heterocycles. The lowest BCUT2D eigenvalue weighted by molar-refractivity contribution is 0.102. The molecule has 0 saturated heterocycles. The highest BCUT2D eigenvalue weighted by molar-refractivity contribution is 6.06. The van der Waals surface area contributed by atoms with Crippen LogP contribution in [0.3, 0.4) is 0 Å². The zero-order valence-corrected chi connectivity index (χ0v) is 12.7. The SMILES string of the molecule is Cc1cc(OC(C)C)ccc1NC(=O)c1nn(C)cc1N. The molecule has 6 nitrogen and oxygen atoms in total. The summed E-state index contributed by atoms with van der Waals surface area (Å²) in [6.45, 7) is 5.84. The number of nitrogens with two attached hydrogens (primary N) is 1. The van der Waals surface area contributed by atoms with Crippen LogP contribution in [-0.2, 0) is 7.05 Å². The van der Waals surface area contributed by atoms with Gasteiger partial charge in [-0.15, -0.1) is 0 Å². The highest BCUT2D eigenvalue weighted by Gasteiger charge is 2.15. The zero-order valence-electron chi connectivity index (χ0n) is 12.7. The maximum absolute atomic E-state index is 12.2. The number of ether oxygens (including phenoxy) is 1. The van der Waals surface area contributed by atoms with Gasteiger partial charge in [0.25, 0.3) is 5.91 Å². The number of nitrogen functional groups attached to an aromatic ring is 1. The largest absolute Gasteiger partial charge is 0.491 e. The van der Waals surface area contributed by atoms with Crippen LogP contribution in [0.15, 0.2) is 24.4 Å². The summed E-state index contributed by atoms with van der Waals surface area (Å²) in [4.78, 5) is 12.2. The molecular formula is C15H20N4O2. The predicted molar refractivity (Wildman–Crippen MR) is 82.5 cm³/mol. The number of benzene rings is 1. The zero-order chi connectivity index (χ0) is 15.6. The van der Waals surface area contributed by atoms with Crippen LogP contribution < -0.4 is 15.8 Å². The first-order valence-corrected chi connectivity index (χ1v) is 6.74. The van der Waals surface area contributed by atoms with Crippen LogP contribution in [0.1, 0.15) is 29.9 Å². The van der Waals surface area contributed by atoms with Crippen molar-refractivity contribution in [3.8, 4) is 5.75 Å². The smallest absolute Gasteiger partial charge is 0.278 e. The summed E-state index contributed by atoms with van der Waals surface area (Å²) in [5, 5.41) is 6.86. The summed E-state index contributed by atoms with van der Waals surface area (Å²) in [5.74, 6) is 0.451. The number of amides is 1. The van der Waals surface area contributed by atoms with E-state index in [1.807, 2.05) is 39.0 Å². The topological polar surface area (TPSA) is 82.2 Å². The molecule has 1 aromatic heterocycles. The van der Waals surface area contributed by atoms with Gasteiger partial charge in [-0.3, -0.25) is 9.48 Å². The Morgan fingerprint density at radius 2 is 2.14 bits per heavy atom. The van der Waals surface area contributed by atoms with Gasteiger partial charge >= 0.3 is 0 Å². The second-order valence-electron chi connectivity index (χ2n) is 5.20. The first-order valence-electron chi connectivity index (χ1n) is 6.74. The fourth-order valence-electron chi connectivity index (χ4n) is 1.99. The van der Waals surface area contributed by atoms with Crippen LogP contribution in [0.2, 0.25) is 0 Å². The molecule has 0 radical (unpaired) electrons. The van der Waals surface area contributed by atoms with E-state index in [1.54, 1.807) is 13.2 Å². The van der Waals surface area contributed by atoms with Crippen LogP contribution >= 0.6 is 0 Å². The van der Waals surface area contributed by atoms with E-state index >= 15 is 0 Å². The van der Waals surface area contributed by atoms with Crippen molar-refractivity contribution in [2.45, 2.75) is 26.9 Å². The van der Waals surface area contributed by atoms with Gasteiger partial charge in [0.05, 0.1) is 11.8 Å². The second-order valence-corrected chi connectivity index (χ2v) is 5.20. The van der Waals surface area contributed by atoms with Crippen LogP contribution in [0.25, 0.3) is 0 Å². The Hall–Kier alpha value is -2.50. The molecule has 0 fully saturated rings. The summed E-state index contributed by atoms with van der Waals surface area (Å²) in [5.41, 5.74) is 7.95. The van der Waals surface area contributed by atoms with E-state index in [9.17, 15) is 4.79 Å². The molecule has 2 rings (SSSR count). The van der Waals surface area contributed by atoms with Crippen LogP contribution in [0, 0.1) is 6.92 Å². The molecule has 6 heteroatoms. The third-order valence-electron chi connectivity index (χ3n) is 2.89. The number of carbonyl (C=O) groups excluding carboxylic acids is 1. The number of aromatic nitrogens is 2. The lowest BCUT2D eigenvalue weighted by atomic mass is 10.2. The van der Waals surface area contributed by atoms with E-state index in [1.165, 1.54) is 4.68 Å². The Labute approximate surface area is 123 Å². The molecule has 0 unspecified atom stereocenters. The maximum atomic E-state index is 12.2. The molecule has 0 aliphatic carbocycles. The molecule has 1 aromatic carbocycles. The lowest BCUT2D eigenvalue weighted by Gasteiger charge is -2.13. The molecule has 0 bridgehead atoms. The predicted octanol–water partition coefficient (Wildman–Crippen LogP) is 2.35. The molecule has 2 aromatic rings. The van der Waals surface area contributed by atoms with Gasteiger partial charge in [-0.2, -0.15) is 5.10 Å². The number of nitrogens with one attached hydrogen (secondary N) is 1. The molecule has 1 amide bonds. The van der Waals surface area contributed by atoms with E-state index in [0.717, 1.165) is 11.3 Å². The number of rotatable bonds is 4. The highest BCUT2D eigenvalue weighted by atomic mass is 16.5. The second kappa shape index (κ2) is 5.87. The monoisotopic (exact) mass is 288 g/mol. The highest BCUT2D eigenvalue weighted by Crippen LogP contribution is 2.23. The molecular weight excluding hydrogens is 268 g/mol. The minimum atomic E-state index is -0.325. The summed E-state index contributed by atoms with van der Waals surface area (Å²) in [6, 6.07) is 5.52. The van der Waals surface area contributed by atoms with Crippen molar-refractivity contribution in [3.63, 3.8) is 0 Å². The summed E-state index contributed by atoms with van der Waals surface area (Å²) in [6.07, 6.45) is 1.71. The average Bonchev–Trinajstić information content (AvgIpc) is 2.71. The molecule has 21 heavy (non-hydrogen) atoms. The van der Waals surface area contributed by atoms with Crippen molar-refractivity contribution in [3.05, 3.63) is 35.7 Å².